The van der Waals surface area contributed by atoms with E-state index in [1.807, 2.05) is 59.3 Å². The largest absolute Gasteiger partial charge is 0.490 e. The van der Waals surface area contributed by atoms with Gasteiger partial charge in [-0.3, -0.25) is 0 Å². The SMILES string of the molecule is N=Cc1ccc(-c2cn3ccnc3c(Nc3ccc(OC4CCC(O)CC4)cc3)n2)cc1N. The second-order valence-electron chi connectivity index (χ2n) is 8.32. The first-order chi connectivity index (χ1) is 16.1. The third-order valence-electron chi connectivity index (χ3n) is 5.98. The molecule has 2 aromatic heterocycles. The molecule has 0 saturated heterocycles. The molecule has 1 saturated carbocycles. The van der Waals surface area contributed by atoms with Gasteiger partial charge in [0.05, 0.1) is 17.9 Å². The van der Waals surface area contributed by atoms with Crippen LogP contribution in [0.2, 0.25) is 0 Å². The van der Waals surface area contributed by atoms with Crippen molar-refractivity contribution in [2.75, 3.05) is 11.1 Å². The molecule has 0 spiro atoms. The number of aliphatic hydroxyl groups is 1. The molecule has 1 aliphatic rings. The molecule has 2 aromatic carbocycles. The Bertz CT molecular complexity index is 1280. The molecule has 4 aromatic rings. The van der Waals surface area contributed by atoms with Crippen molar-refractivity contribution in [3.63, 3.8) is 0 Å². The minimum Gasteiger partial charge on any atom is -0.490 e. The molecule has 0 amide bonds. The van der Waals surface area contributed by atoms with Crippen LogP contribution in [0.25, 0.3) is 16.9 Å². The van der Waals surface area contributed by atoms with Crippen LogP contribution in [0.3, 0.4) is 0 Å². The van der Waals surface area contributed by atoms with Gasteiger partial charge in [-0.15, -0.1) is 0 Å². The zero-order valence-electron chi connectivity index (χ0n) is 18.1. The summed E-state index contributed by atoms with van der Waals surface area (Å²) in [5.74, 6) is 1.44. The lowest BCUT2D eigenvalue weighted by molar-refractivity contribution is 0.0666. The first-order valence-electron chi connectivity index (χ1n) is 11.0. The van der Waals surface area contributed by atoms with E-state index in [2.05, 4.69) is 10.3 Å². The van der Waals surface area contributed by atoms with Crippen LogP contribution in [0.5, 0.6) is 5.75 Å². The molecule has 0 aliphatic heterocycles. The zero-order valence-corrected chi connectivity index (χ0v) is 18.1. The van der Waals surface area contributed by atoms with Gasteiger partial charge in [0.1, 0.15) is 5.75 Å². The van der Waals surface area contributed by atoms with Gasteiger partial charge in [-0.2, -0.15) is 0 Å². The third kappa shape index (κ3) is 4.51. The molecule has 1 aliphatic carbocycles. The van der Waals surface area contributed by atoms with E-state index in [9.17, 15) is 5.11 Å². The van der Waals surface area contributed by atoms with Crippen molar-refractivity contribution in [3.05, 3.63) is 66.6 Å². The number of benzene rings is 2. The van der Waals surface area contributed by atoms with Crippen LogP contribution in [0.15, 0.2) is 61.1 Å². The summed E-state index contributed by atoms with van der Waals surface area (Å²) in [6.07, 6.45) is 10.1. The molecule has 0 bridgehead atoms. The lowest BCUT2D eigenvalue weighted by atomic mass is 9.95. The molecular weight excluding hydrogens is 416 g/mol. The second kappa shape index (κ2) is 8.91. The molecule has 0 unspecified atom stereocenters. The quantitative estimate of drug-likeness (QED) is 0.259. The van der Waals surface area contributed by atoms with Crippen molar-refractivity contribution in [1.29, 1.82) is 5.41 Å². The fraction of sp³-hybridized carbons (Fsp3) is 0.240. The number of rotatable bonds is 6. The van der Waals surface area contributed by atoms with Crippen molar-refractivity contribution in [1.82, 2.24) is 14.4 Å². The highest BCUT2D eigenvalue weighted by atomic mass is 16.5. The van der Waals surface area contributed by atoms with Crippen LogP contribution in [0.1, 0.15) is 31.2 Å². The van der Waals surface area contributed by atoms with Gasteiger partial charge in [0, 0.05) is 47.3 Å². The normalized spacial score (nSPS) is 18.2. The number of nitrogens with one attached hydrogen (secondary N) is 2. The number of nitrogen functional groups attached to an aromatic ring is 1. The number of hydrogen-bond donors (Lipinski definition) is 4. The van der Waals surface area contributed by atoms with E-state index < -0.39 is 0 Å². The minimum atomic E-state index is -0.190. The Hall–Kier alpha value is -3.91. The first kappa shape index (κ1) is 21.0. The van der Waals surface area contributed by atoms with Crippen LogP contribution in [0.4, 0.5) is 17.2 Å². The Morgan fingerprint density at radius 3 is 2.64 bits per heavy atom. The summed E-state index contributed by atoms with van der Waals surface area (Å²) >= 11 is 0. The Labute approximate surface area is 191 Å². The molecule has 1 fully saturated rings. The third-order valence-corrected chi connectivity index (χ3v) is 5.98. The van der Waals surface area contributed by atoms with Gasteiger partial charge in [0.25, 0.3) is 0 Å². The summed E-state index contributed by atoms with van der Waals surface area (Å²) in [4.78, 5) is 9.23. The van der Waals surface area contributed by atoms with Gasteiger partial charge in [-0.25, -0.2) is 9.97 Å². The summed E-state index contributed by atoms with van der Waals surface area (Å²) < 4.78 is 7.99. The molecule has 5 N–H and O–H groups in total. The molecule has 8 heteroatoms. The van der Waals surface area contributed by atoms with E-state index in [0.29, 0.717) is 22.7 Å². The molecule has 0 radical (unpaired) electrons. The Kier molecular flexibility index (Phi) is 5.66. The number of ether oxygens (including phenoxy) is 1. The topological polar surface area (TPSA) is 122 Å². The van der Waals surface area contributed by atoms with E-state index in [1.165, 1.54) is 6.21 Å². The highest BCUT2D eigenvalue weighted by molar-refractivity contribution is 5.87. The number of aliphatic hydroxyl groups excluding tert-OH is 1. The van der Waals surface area contributed by atoms with Crippen LogP contribution >= 0.6 is 0 Å². The maximum Gasteiger partial charge on any atom is 0.180 e. The van der Waals surface area contributed by atoms with Gasteiger partial charge in [0.15, 0.2) is 11.5 Å². The average Bonchev–Trinajstić information content (AvgIpc) is 3.31. The summed E-state index contributed by atoms with van der Waals surface area (Å²) in [6, 6.07) is 13.3. The van der Waals surface area contributed by atoms with Crippen molar-refractivity contribution < 1.29 is 9.84 Å². The molecule has 5 rings (SSSR count). The number of anilines is 3. The van der Waals surface area contributed by atoms with E-state index in [-0.39, 0.29) is 12.2 Å². The fourth-order valence-electron chi connectivity index (χ4n) is 4.13. The van der Waals surface area contributed by atoms with Gasteiger partial charge in [-0.05, 0) is 56.0 Å². The van der Waals surface area contributed by atoms with Gasteiger partial charge in [0.2, 0.25) is 0 Å². The van der Waals surface area contributed by atoms with Crippen LogP contribution in [0, 0.1) is 5.41 Å². The summed E-state index contributed by atoms with van der Waals surface area (Å²) in [5, 5.41) is 20.5. The molecule has 8 nitrogen and oxygen atoms in total. The molecule has 33 heavy (non-hydrogen) atoms. The van der Waals surface area contributed by atoms with E-state index in [1.54, 1.807) is 6.20 Å². The van der Waals surface area contributed by atoms with Crippen molar-refractivity contribution >= 4 is 29.1 Å². The summed E-state index contributed by atoms with van der Waals surface area (Å²) in [6.45, 7) is 0. The highest BCUT2D eigenvalue weighted by Crippen LogP contribution is 2.28. The monoisotopic (exact) mass is 442 g/mol. The van der Waals surface area contributed by atoms with Crippen LogP contribution < -0.4 is 15.8 Å². The first-order valence-corrected chi connectivity index (χ1v) is 11.0. The average molecular weight is 443 g/mol. The van der Waals surface area contributed by atoms with Gasteiger partial charge in [-0.1, -0.05) is 12.1 Å². The highest BCUT2D eigenvalue weighted by Gasteiger charge is 2.20. The van der Waals surface area contributed by atoms with Crippen LogP contribution in [-0.4, -0.2) is 37.9 Å². The van der Waals surface area contributed by atoms with Gasteiger partial charge < -0.3 is 30.7 Å². The maximum atomic E-state index is 9.67. The number of aromatic nitrogens is 3. The second-order valence-corrected chi connectivity index (χ2v) is 8.32. The minimum absolute atomic E-state index is 0.154. The van der Waals surface area contributed by atoms with Crippen LogP contribution in [-0.2, 0) is 0 Å². The summed E-state index contributed by atoms with van der Waals surface area (Å²) in [7, 11) is 0. The fourth-order valence-corrected chi connectivity index (χ4v) is 4.13. The number of nitrogens with zero attached hydrogens (tertiary/aromatic N) is 3. The predicted molar refractivity (Wildman–Crippen MR) is 129 cm³/mol. The predicted octanol–water partition coefficient (Wildman–Crippen LogP) is 4.40. The molecular formula is C25H26N6O2. The number of hydrogen-bond acceptors (Lipinski definition) is 7. The lowest BCUT2D eigenvalue weighted by Crippen LogP contribution is -2.26. The Morgan fingerprint density at radius 2 is 1.91 bits per heavy atom. The standard InChI is InChI=1S/C25H26N6O2/c26-14-17-2-1-16(13-22(17)27)23-15-31-12-11-28-25(31)24(30-23)29-18-3-7-20(8-4-18)33-21-9-5-19(32)6-10-21/h1-4,7-8,11-15,19,21,26,32H,5-6,9-10,27H2,(H,29,30). The van der Waals surface area contributed by atoms with Crippen molar-refractivity contribution in [3.8, 4) is 17.0 Å². The van der Waals surface area contributed by atoms with E-state index >= 15 is 0 Å². The number of imidazole rings is 1. The Balaban J connectivity index is 1.38. The molecule has 168 valence electrons. The Morgan fingerprint density at radius 1 is 1.12 bits per heavy atom. The van der Waals surface area contributed by atoms with Gasteiger partial charge >= 0.3 is 0 Å². The molecule has 2 heterocycles. The van der Waals surface area contributed by atoms with E-state index in [0.717, 1.165) is 48.4 Å². The summed E-state index contributed by atoms with van der Waals surface area (Å²) in [5.41, 5.74) is 10.5. The maximum absolute atomic E-state index is 9.67. The van der Waals surface area contributed by atoms with Crippen molar-refractivity contribution in [2.24, 2.45) is 0 Å². The number of fused-ring (bicyclic) bond motifs is 1. The van der Waals surface area contributed by atoms with Crippen molar-refractivity contribution in [2.45, 2.75) is 37.9 Å². The molecule has 0 atom stereocenters. The smallest absolute Gasteiger partial charge is 0.180 e. The number of nitrogens with two attached hydrogens (primary N) is 1. The lowest BCUT2D eigenvalue weighted by Gasteiger charge is -2.26. The van der Waals surface area contributed by atoms with E-state index in [4.69, 9.17) is 20.9 Å². The zero-order chi connectivity index (χ0) is 22.8.